The summed E-state index contributed by atoms with van der Waals surface area (Å²) in [6.07, 6.45) is 6.28. The van der Waals surface area contributed by atoms with Gasteiger partial charge in [-0.15, -0.1) is 0 Å². The number of benzene rings is 1. The number of aryl methyl sites for hydroxylation is 2. The highest BCUT2D eigenvalue weighted by Crippen LogP contribution is 2.29. The van der Waals surface area contributed by atoms with Crippen LogP contribution in [0.2, 0.25) is 10.0 Å². The van der Waals surface area contributed by atoms with Gasteiger partial charge in [-0.1, -0.05) is 35.3 Å². The number of hydrogen-bond donors (Lipinski definition) is 0. The van der Waals surface area contributed by atoms with Crippen LogP contribution in [0.15, 0.2) is 36.9 Å². The lowest BCUT2D eigenvalue weighted by Gasteiger charge is -2.35. The van der Waals surface area contributed by atoms with Crippen LogP contribution in [0.1, 0.15) is 5.56 Å². The summed E-state index contributed by atoms with van der Waals surface area (Å²) >= 11 is 12.5. The minimum Gasteiger partial charge on any atom is -0.352 e. The van der Waals surface area contributed by atoms with Crippen molar-refractivity contribution in [3.05, 3.63) is 52.5 Å². The molecule has 0 radical (unpaired) electrons. The number of halogens is 2. The number of anilines is 1. The number of nitrogens with zero attached hydrogens (tertiary/aromatic N) is 8. The summed E-state index contributed by atoms with van der Waals surface area (Å²) in [6.45, 7) is 4.61. The Bertz CT molecular complexity index is 1260. The number of fused-ring (bicyclic) bond motifs is 1. The molecule has 0 amide bonds. The number of rotatable bonds is 5. The largest absolute Gasteiger partial charge is 0.352 e. The molecule has 166 valence electrons. The molecule has 1 aromatic carbocycles. The third-order valence-corrected chi connectivity index (χ3v) is 6.86. The molecule has 0 aliphatic carbocycles. The molecule has 1 aliphatic rings. The molecule has 1 fully saturated rings. The summed E-state index contributed by atoms with van der Waals surface area (Å²) in [4.78, 5) is 18.7. The Labute approximate surface area is 196 Å². The van der Waals surface area contributed by atoms with Crippen LogP contribution in [0.5, 0.6) is 0 Å². The van der Waals surface area contributed by atoms with E-state index in [2.05, 4.69) is 24.9 Å². The fraction of sp³-hybridized carbons (Fsp3) is 0.364. The van der Waals surface area contributed by atoms with Crippen LogP contribution in [-0.4, -0.2) is 66.9 Å². The second kappa shape index (κ2) is 8.69. The van der Waals surface area contributed by atoms with Crippen LogP contribution < -0.4 is 4.90 Å². The van der Waals surface area contributed by atoms with Gasteiger partial charge >= 0.3 is 0 Å². The molecule has 1 saturated heterocycles. The van der Waals surface area contributed by atoms with Crippen LogP contribution in [0.4, 0.5) is 5.82 Å². The van der Waals surface area contributed by atoms with E-state index in [-0.39, 0.29) is 0 Å². The fourth-order valence-electron chi connectivity index (χ4n) is 4.22. The molecule has 8 nitrogen and oxygen atoms in total. The van der Waals surface area contributed by atoms with Crippen molar-refractivity contribution in [3.8, 4) is 11.4 Å². The fourth-order valence-corrected chi connectivity index (χ4v) is 4.63. The Morgan fingerprint density at radius 2 is 1.84 bits per heavy atom. The molecule has 1 aliphatic heterocycles. The first-order valence-electron chi connectivity index (χ1n) is 10.6. The number of imidazole rings is 1. The van der Waals surface area contributed by atoms with Crippen molar-refractivity contribution >= 4 is 40.2 Å². The molecule has 0 unspecified atom stereocenters. The maximum absolute atomic E-state index is 6.34. The molecule has 4 heterocycles. The molecular formula is C22H24Cl2N8. The highest BCUT2D eigenvalue weighted by Gasteiger charge is 2.23. The number of piperazine rings is 1. The summed E-state index contributed by atoms with van der Waals surface area (Å²) in [5.74, 6) is 1.73. The van der Waals surface area contributed by atoms with Crippen molar-refractivity contribution in [2.45, 2.75) is 6.42 Å². The van der Waals surface area contributed by atoms with Gasteiger partial charge in [-0.3, -0.25) is 9.58 Å². The Morgan fingerprint density at radius 3 is 2.59 bits per heavy atom. The summed E-state index contributed by atoms with van der Waals surface area (Å²) in [5, 5.41) is 5.55. The topological polar surface area (TPSA) is 67.9 Å². The van der Waals surface area contributed by atoms with Crippen molar-refractivity contribution < 1.29 is 0 Å². The van der Waals surface area contributed by atoms with E-state index in [1.54, 1.807) is 11.0 Å². The molecule has 0 bridgehead atoms. The van der Waals surface area contributed by atoms with Crippen LogP contribution in [0.25, 0.3) is 22.6 Å². The van der Waals surface area contributed by atoms with E-state index in [4.69, 9.17) is 28.2 Å². The van der Waals surface area contributed by atoms with Crippen LogP contribution in [0, 0.1) is 0 Å². The SMILES string of the molecule is Cn1cc(-c2nc3c(N4CCN(CCc5cccc(Cl)c5Cl)CC4)ncnc3n2C)cn1. The van der Waals surface area contributed by atoms with Gasteiger partial charge in [0.2, 0.25) is 0 Å². The Kier molecular flexibility index (Phi) is 5.75. The third-order valence-electron chi connectivity index (χ3n) is 6.00. The smallest absolute Gasteiger partial charge is 0.165 e. The summed E-state index contributed by atoms with van der Waals surface area (Å²) in [5.41, 5.74) is 3.71. The predicted octanol–water partition coefficient (Wildman–Crippen LogP) is 3.44. The molecular weight excluding hydrogens is 447 g/mol. The minimum atomic E-state index is 0.614. The van der Waals surface area contributed by atoms with Crippen LogP contribution in [-0.2, 0) is 20.5 Å². The van der Waals surface area contributed by atoms with E-state index in [0.717, 1.165) is 73.1 Å². The summed E-state index contributed by atoms with van der Waals surface area (Å²) in [6, 6.07) is 5.82. The first-order chi connectivity index (χ1) is 15.5. The van der Waals surface area contributed by atoms with E-state index in [0.29, 0.717) is 10.0 Å². The Morgan fingerprint density at radius 1 is 1.03 bits per heavy atom. The maximum Gasteiger partial charge on any atom is 0.165 e. The van der Waals surface area contributed by atoms with Crippen molar-refractivity contribution in [3.63, 3.8) is 0 Å². The lowest BCUT2D eigenvalue weighted by Crippen LogP contribution is -2.47. The highest BCUT2D eigenvalue weighted by atomic mass is 35.5. The molecule has 0 N–H and O–H groups in total. The van der Waals surface area contributed by atoms with E-state index in [1.165, 1.54) is 0 Å². The van der Waals surface area contributed by atoms with E-state index < -0.39 is 0 Å². The second-order valence-corrected chi connectivity index (χ2v) is 8.84. The lowest BCUT2D eigenvalue weighted by molar-refractivity contribution is 0.260. The van der Waals surface area contributed by atoms with E-state index in [1.807, 2.05) is 49.3 Å². The maximum atomic E-state index is 6.34. The number of hydrogen-bond acceptors (Lipinski definition) is 6. The number of aromatic nitrogens is 6. The van der Waals surface area contributed by atoms with Gasteiger partial charge in [-0.2, -0.15) is 5.10 Å². The first-order valence-corrected chi connectivity index (χ1v) is 11.3. The highest BCUT2D eigenvalue weighted by molar-refractivity contribution is 6.42. The average molecular weight is 471 g/mol. The van der Waals surface area contributed by atoms with E-state index >= 15 is 0 Å². The average Bonchev–Trinajstić information content (AvgIpc) is 3.38. The molecule has 4 aromatic rings. The zero-order valence-corrected chi connectivity index (χ0v) is 19.6. The molecule has 0 atom stereocenters. The van der Waals surface area contributed by atoms with Gasteiger partial charge in [0.15, 0.2) is 17.0 Å². The quantitative estimate of drug-likeness (QED) is 0.444. The predicted molar refractivity (Wildman–Crippen MR) is 127 cm³/mol. The monoisotopic (exact) mass is 470 g/mol. The van der Waals surface area contributed by atoms with Gasteiger partial charge < -0.3 is 9.47 Å². The lowest BCUT2D eigenvalue weighted by atomic mass is 10.1. The minimum absolute atomic E-state index is 0.614. The van der Waals surface area contributed by atoms with Crippen molar-refractivity contribution in [2.24, 2.45) is 14.1 Å². The van der Waals surface area contributed by atoms with Crippen LogP contribution >= 0.6 is 23.2 Å². The summed E-state index contributed by atoms with van der Waals surface area (Å²) in [7, 11) is 3.88. The first kappa shape index (κ1) is 21.2. The van der Waals surface area contributed by atoms with Gasteiger partial charge in [0.05, 0.1) is 21.8 Å². The van der Waals surface area contributed by atoms with Crippen molar-refractivity contribution in [1.82, 2.24) is 34.2 Å². The van der Waals surface area contributed by atoms with Crippen LogP contribution in [0.3, 0.4) is 0 Å². The van der Waals surface area contributed by atoms with Gasteiger partial charge in [0, 0.05) is 53.0 Å². The van der Waals surface area contributed by atoms with E-state index in [9.17, 15) is 0 Å². The normalized spacial score (nSPS) is 15.1. The Balaban J connectivity index is 1.30. The molecule has 10 heteroatoms. The second-order valence-electron chi connectivity index (χ2n) is 8.06. The third kappa shape index (κ3) is 3.94. The molecule has 5 rings (SSSR count). The summed E-state index contributed by atoms with van der Waals surface area (Å²) < 4.78 is 3.78. The molecule has 32 heavy (non-hydrogen) atoms. The standard InChI is InChI=1S/C22H24Cl2N8/c1-29-13-16(12-27-29)20-28-19-21(30(20)2)25-14-26-22(19)32-10-8-31(9-11-32)7-6-15-4-3-5-17(23)18(15)24/h3-5,12-14H,6-11H2,1-2H3. The molecule has 0 spiro atoms. The zero-order valence-electron chi connectivity index (χ0n) is 18.0. The van der Waals surface area contributed by atoms with Gasteiger partial charge in [0.25, 0.3) is 0 Å². The van der Waals surface area contributed by atoms with Crippen molar-refractivity contribution in [1.29, 1.82) is 0 Å². The molecule has 0 saturated carbocycles. The van der Waals surface area contributed by atoms with Crippen molar-refractivity contribution in [2.75, 3.05) is 37.6 Å². The molecule has 3 aromatic heterocycles. The van der Waals surface area contributed by atoms with Gasteiger partial charge in [0.1, 0.15) is 12.2 Å². The van der Waals surface area contributed by atoms with Gasteiger partial charge in [-0.05, 0) is 18.1 Å². The van der Waals surface area contributed by atoms with Gasteiger partial charge in [-0.25, -0.2) is 15.0 Å². The zero-order chi connectivity index (χ0) is 22.2. The Hall–Kier alpha value is -2.68.